The highest BCUT2D eigenvalue weighted by Crippen LogP contribution is 2.37. The van der Waals surface area contributed by atoms with Crippen molar-refractivity contribution in [1.82, 2.24) is 19.9 Å². The average Bonchev–Trinajstić information content (AvgIpc) is 3.14. The molecule has 0 bridgehead atoms. The van der Waals surface area contributed by atoms with Crippen molar-refractivity contribution in [3.05, 3.63) is 77.1 Å². The van der Waals surface area contributed by atoms with Crippen LogP contribution < -0.4 is 4.74 Å². The normalized spacial score (nSPS) is 17.1. The molecule has 5 nitrogen and oxygen atoms in total. The van der Waals surface area contributed by atoms with E-state index >= 15 is 0 Å². The van der Waals surface area contributed by atoms with Gasteiger partial charge in [0.2, 0.25) is 5.82 Å². The number of aromatic nitrogens is 3. The monoisotopic (exact) mass is 356 g/mol. The molecule has 7 heteroatoms. The first kappa shape index (κ1) is 16.7. The smallest absolute Gasteiger partial charge is 0.200 e. The van der Waals surface area contributed by atoms with Gasteiger partial charge in [0, 0.05) is 37.0 Å². The minimum atomic E-state index is -0.981. The van der Waals surface area contributed by atoms with Crippen molar-refractivity contribution in [3.63, 3.8) is 0 Å². The molecule has 1 aliphatic heterocycles. The molecular weight excluding hydrogens is 338 g/mol. The van der Waals surface area contributed by atoms with E-state index in [0.717, 1.165) is 23.5 Å². The predicted octanol–water partition coefficient (Wildman–Crippen LogP) is 3.24. The molecule has 0 amide bonds. The fraction of sp³-hybridized carbons (Fsp3) is 0.263. The van der Waals surface area contributed by atoms with E-state index in [0.29, 0.717) is 13.1 Å². The number of pyridine rings is 1. The summed E-state index contributed by atoms with van der Waals surface area (Å²) in [7, 11) is 1.32. The molecule has 1 N–H and O–H groups in total. The summed E-state index contributed by atoms with van der Waals surface area (Å²) in [4.78, 5) is 13.9. The number of benzene rings is 1. The van der Waals surface area contributed by atoms with E-state index in [4.69, 9.17) is 4.74 Å². The second-order valence-electron chi connectivity index (χ2n) is 6.20. The highest BCUT2D eigenvalue weighted by Gasteiger charge is 2.34. The Balaban J connectivity index is 1.78. The van der Waals surface area contributed by atoms with Gasteiger partial charge in [-0.3, -0.25) is 9.88 Å². The predicted molar refractivity (Wildman–Crippen MR) is 91.7 cm³/mol. The van der Waals surface area contributed by atoms with Crippen molar-refractivity contribution in [3.8, 4) is 5.75 Å². The maximum atomic E-state index is 14.8. The van der Waals surface area contributed by atoms with E-state index in [1.165, 1.54) is 13.2 Å². The van der Waals surface area contributed by atoms with Crippen molar-refractivity contribution in [2.24, 2.45) is 0 Å². The third-order valence-electron chi connectivity index (χ3n) is 4.71. The van der Waals surface area contributed by atoms with Crippen LogP contribution in [0, 0.1) is 11.6 Å². The number of H-pyrrole nitrogens is 1. The maximum absolute atomic E-state index is 14.8. The summed E-state index contributed by atoms with van der Waals surface area (Å²) in [5, 5.41) is 0. The fourth-order valence-corrected chi connectivity index (χ4v) is 3.45. The summed E-state index contributed by atoms with van der Waals surface area (Å²) < 4.78 is 34.0. The van der Waals surface area contributed by atoms with Crippen LogP contribution in [0.3, 0.4) is 0 Å². The molecular formula is C19H18F2N4O. The Hall–Kier alpha value is -2.80. The molecule has 0 saturated carbocycles. The molecule has 0 spiro atoms. The molecule has 1 aromatic carbocycles. The van der Waals surface area contributed by atoms with E-state index in [2.05, 4.69) is 19.9 Å². The minimum Gasteiger partial charge on any atom is -0.494 e. The van der Waals surface area contributed by atoms with E-state index in [-0.39, 0.29) is 11.3 Å². The van der Waals surface area contributed by atoms with Crippen molar-refractivity contribution in [2.45, 2.75) is 19.0 Å². The number of rotatable bonds is 4. The van der Waals surface area contributed by atoms with Gasteiger partial charge >= 0.3 is 0 Å². The molecule has 26 heavy (non-hydrogen) atoms. The van der Waals surface area contributed by atoms with Crippen LogP contribution in [0.2, 0.25) is 0 Å². The quantitative estimate of drug-likeness (QED) is 0.780. The van der Waals surface area contributed by atoms with Crippen molar-refractivity contribution in [2.75, 3.05) is 13.7 Å². The minimum absolute atomic E-state index is 0.111. The van der Waals surface area contributed by atoms with Crippen molar-refractivity contribution < 1.29 is 13.5 Å². The van der Waals surface area contributed by atoms with E-state index < -0.39 is 17.7 Å². The lowest BCUT2D eigenvalue weighted by Gasteiger charge is -2.35. The highest BCUT2D eigenvalue weighted by molar-refractivity contribution is 5.38. The van der Waals surface area contributed by atoms with Gasteiger partial charge in [0.15, 0.2) is 11.6 Å². The molecule has 0 radical (unpaired) electrons. The Kier molecular flexibility index (Phi) is 4.38. The SMILES string of the molecule is COc1ccc([C@H]2c3nc[nH]c3CCN2Cc2ccccn2)c(F)c1F. The summed E-state index contributed by atoms with van der Waals surface area (Å²) in [6.45, 7) is 1.20. The second-order valence-corrected chi connectivity index (χ2v) is 6.20. The van der Waals surface area contributed by atoms with Crippen LogP contribution in [-0.2, 0) is 13.0 Å². The first-order chi connectivity index (χ1) is 12.7. The Morgan fingerprint density at radius 2 is 2.08 bits per heavy atom. The van der Waals surface area contributed by atoms with Gasteiger partial charge in [-0.05, 0) is 18.2 Å². The summed E-state index contributed by atoms with van der Waals surface area (Å²) in [6, 6.07) is 8.20. The van der Waals surface area contributed by atoms with Gasteiger partial charge in [0.1, 0.15) is 0 Å². The van der Waals surface area contributed by atoms with Crippen LogP contribution in [0.15, 0.2) is 42.9 Å². The first-order valence-electron chi connectivity index (χ1n) is 8.37. The van der Waals surface area contributed by atoms with Gasteiger partial charge in [-0.25, -0.2) is 9.37 Å². The Morgan fingerprint density at radius 1 is 1.19 bits per heavy atom. The third-order valence-corrected chi connectivity index (χ3v) is 4.71. The summed E-state index contributed by atoms with van der Waals surface area (Å²) in [5.41, 5.74) is 2.77. The van der Waals surface area contributed by atoms with Gasteiger partial charge in [-0.15, -0.1) is 0 Å². The van der Waals surface area contributed by atoms with E-state index in [1.54, 1.807) is 18.6 Å². The molecule has 0 unspecified atom stereocenters. The molecule has 3 aromatic rings. The van der Waals surface area contributed by atoms with Gasteiger partial charge in [0.05, 0.1) is 30.9 Å². The second kappa shape index (κ2) is 6.84. The molecule has 0 fully saturated rings. The van der Waals surface area contributed by atoms with Gasteiger partial charge in [-0.2, -0.15) is 4.39 Å². The summed E-state index contributed by atoms with van der Waals surface area (Å²) in [6.07, 6.45) is 4.08. The van der Waals surface area contributed by atoms with Crippen molar-refractivity contribution in [1.29, 1.82) is 0 Å². The van der Waals surface area contributed by atoms with Crippen LogP contribution in [0.4, 0.5) is 8.78 Å². The molecule has 4 rings (SSSR count). The number of fused-ring (bicyclic) bond motifs is 1. The molecule has 0 aliphatic carbocycles. The summed E-state index contributed by atoms with van der Waals surface area (Å²) >= 11 is 0. The molecule has 2 aromatic heterocycles. The molecule has 0 saturated heterocycles. The Morgan fingerprint density at radius 3 is 2.85 bits per heavy atom. The maximum Gasteiger partial charge on any atom is 0.200 e. The highest BCUT2D eigenvalue weighted by atomic mass is 19.2. The number of nitrogens with one attached hydrogen (secondary N) is 1. The molecule has 1 aliphatic rings. The largest absolute Gasteiger partial charge is 0.494 e. The number of aromatic amines is 1. The lowest BCUT2D eigenvalue weighted by Crippen LogP contribution is -2.36. The molecule has 1 atom stereocenters. The lowest BCUT2D eigenvalue weighted by molar-refractivity contribution is 0.193. The van der Waals surface area contributed by atoms with Gasteiger partial charge < -0.3 is 9.72 Å². The summed E-state index contributed by atoms with van der Waals surface area (Å²) in [5.74, 6) is -2.00. The van der Waals surface area contributed by atoms with Crippen LogP contribution in [0.5, 0.6) is 5.75 Å². The number of nitrogens with zero attached hydrogens (tertiary/aromatic N) is 3. The zero-order chi connectivity index (χ0) is 18.1. The van der Waals surface area contributed by atoms with Crippen LogP contribution in [0.1, 0.15) is 28.7 Å². The average molecular weight is 356 g/mol. The zero-order valence-corrected chi connectivity index (χ0v) is 14.2. The van der Waals surface area contributed by atoms with Gasteiger partial charge in [0.25, 0.3) is 0 Å². The van der Waals surface area contributed by atoms with E-state index in [1.807, 2.05) is 18.2 Å². The van der Waals surface area contributed by atoms with Crippen LogP contribution in [-0.4, -0.2) is 33.5 Å². The van der Waals surface area contributed by atoms with Crippen LogP contribution >= 0.6 is 0 Å². The molecule has 134 valence electrons. The number of imidazole rings is 1. The standard InChI is InChI=1S/C19H18F2N4O/c1-26-15-6-5-13(16(20)17(15)21)19-18-14(23-11-24-18)7-9-25(19)10-12-4-2-3-8-22-12/h2-6,8,11,19H,7,9-10H2,1H3,(H,23,24)/t19-/m0/s1. The third kappa shape index (κ3) is 2.84. The molecule has 3 heterocycles. The van der Waals surface area contributed by atoms with Crippen LogP contribution in [0.25, 0.3) is 0 Å². The van der Waals surface area contributed by atoms with Crippen molar-refractivity contribution >= 4 is 0 Å². The Bertz CT molecular complexity index is 913. The number of ether oxygens (including phenoxy) is 1. The zero-order valence-electron chi connectivity index (χ0n) is 14.2. The number of hydrogen-bond acceptors (Lipinski definition) is 4. The number of methoxy groups -OCH3 is 1. The number of halogens is 2. The topological polar surface area (TPSA) is 54.0 Å². The van der Waals surface area contributed by atoms with E-state index in [9.17, 15) is 8.78 Å². The van der Waals surface area contributed by atoms with Gasteiger partial charge in [-0.1, -0.05) is 12.1 Å². The lowest BCUT2D eigenvalue weighted by atomic mass is 9.94. The first-order valence-corrected chi connectivity index (χ1v) is 8.37. The fourth-order valence-electron chi connectivity index (χ4n) is 3.45. The Labute approximate surface area is 149 Å². The number of hydrogen-bond donors (Lipinski definition) is 1.